The number of carbonyl (C=O) groups is 1. The molecule has 0 bridgehead atoms. The van der Waals surface area contributed by atoms with Crippen molar-refractivity contribution in [2.24, 2.45) is 0 Å². The van der Waals surface area contributed by atoms with Gasteiger partial charge in [0.1, 0.15) is 5.75 Å². The molecule has 0 aliphatic heterocycles. The molecule has 0 aliphatic rings. The first-order valence-electron chi connectivity index (χ1n) is 6.00. The van der Waals surface area contributed by atoms with Crippen LogP contribution in [0.3, 0.4) is 0 Å². The lowest BCUT2D eigenvalue weighted by Gasteiger charge is -2.12. The molecule has 3 nitrogen and oxygen atoms in total. The summed E-state index contributed by atoms with van der Waals surface area (Å²) in [5, 5.41) is 2.24. The Balaban J connectivity index is 2.23. The number of rotatable bonds is 4. The zero-order chi connectivity index (χ0) is 13.8. The second-order valence-corrected chi connectivity index (χ2v) is 4.73. The van der Waals surface area contributed by atoms with Gasteiger partial charge in [-0.05, 0) is 28.5 Å². The number of ether oxygens (including phenoxy) is 2. The topological polar surface area (TPSA) is 35.5 Å². The van der Waals surface area contributed by atoms with Crippen LogP contribution < -0.4 is 4.74 Å². The molecule has 0 aromatic heterocycles. The van der Waals surface area contributed by atoms with Crippen LogP contribution in [0.15, 0.2) is 36.4 Å². The summed E-state index contributed by atoms with van der Waals surface area (Å²) in [5.74, 6) is 0.943. The SMILES string of the molecule is COc1ccc2cc(C(C)COC(=O)Cl)ccc2c1. The van der Waals surface area contributed by atoms with Crippen molar-refractivity contribution in [1.29, 1.82) is 0 Å². The van der Waals surface area contributed by atoms with E-state index in [1.54, 1.807) is 7.11 Å². The Hall–Kier alpha value is -1.74. The molecule has 0 N–H and O–H groups in total. The fourth-order valence-electron chi connectivity index (χ4n) is 1.96. The number of carbonyl (C=O) groups excluding carboxylic acids is 1. The molecule has 1 atom stereocenters. The summed E-state index contributed by atoms with van der Waals surface area (Å²) in [6.45, 7) is 2.27. The maximum absolute atomic E-state index is 10.6. The fourth-order valence-corrected chi connectivity index (χ4v) is 2.03. The molecule has 0 fully saturated rings. The van der Waals surface area contributed by atoms with Crippen molar-refractivity contribution in [3.05, 3.63) is 42.0 Å². The zero-order valence-electron chi connectivity index (χ0n) is 10.9. The highest BCUT2D eigenvalue weighted by Crippen LogP contribution is 2.25. The average molecular weight is 279 g/mol. The Bertz CT molecular complexity index is 595. The number of hydrogen-bond acceptors (Lipinski definition) is 3. The van der Waals surface area contributed by atoms with Gasteiger partial charge in [-0.3, -0.25) is 0 Å². The maximum atomic E-state index is 10.6. The highest BCUT2D eigenvalue weighted by atomic mass is 35.5. The number of methoxy groups -OCH3 is 1. The average Bonchev–Trinajstić information content (AvgIpc) is 2.43. The number of halogens is 1. The van der Waals surface area contributed by atoms with E-state index in [0.717, 1.165) is 22.1 Å². The van der Waals surface area contributed by atoms with Gasteiger partial charge in [0.15, 0.2) is 0 Å². The minimum atomic E-state index is -0.766. The van der Waals surface area contributed by atoms with Crippen molar-refractivity contribution in [3.63, 3.8) is 0 Å². The minimum absolute atomic E-state index is 0.106. The van der Waals surface area contributed by atoms with Crippen LogP contribution in [-0.4, -0.2) is 19.1 Å². The molecule has 100 valence electrons. The van der Waals surface area contributed by atoms with E-state index in [-0.39, 0.29) is 12.5 Å². The van der Waals surface area contributed by atoms with Gasteiger partial charge in [0.25, 0.3) is 0 Å². The lowest BCUT2D eigenvalue weighted by molar-refractivity contribution is 0.167. The van der Waals surface area contributed by atoms with Gasteiger partial charge in [-0.15, -0.1) is 0 Å². The summed E-state index contributed by atoms with van der Waals surface area (Å²) in [4.78, 5) is 10.6. The smallest absolute Gasteiger partial charge is 0.403 e. The molecule has 0 amide bonds. The van der Waals surface area contributed by atoms with Crippen LogP contribution >= 0.6 is 11.6 Å². The molecule has 0 spiro atoms. The summed E-state index contributed by atoms with van der Waals surface area (Å²) in [6, 6.07) is 12.1. The van der Waals surface area contributed by atoms with Crippen molar-refractivity contribution in [2.45, 2.75) is 12.8 Å². The molecule has 2 aromatic rings. The normalized spacial score (nSPS) is 12.2. The molecule has 4 heteroatoms. The van der Waals surface area contributed by atoms with Gasteiger partial charge >= 0.3 is 5.43 Å². The first-order chi connectivity index (χ1) is 9.10. The molecule has 0 radical (unpaired) electrons. The van der Waals surface area contributed by atoms with E-state index in [9.17, 15) is 4.79 Å². The first-order valence-corrected chi connectivity index (χ1v) is 6.38. The van der Waals surface area contributed by atoms with E-state index in [2.05, 4.69) is 6.07 Å². The molecular formula is C15H15ClO3. The van der Waals surface area contributed by atoms with Crippen LogP contribution in [-0.2, 0) is 4.74 Å². The molecule has 19 heavy (non-hydrogen) atoms. The molecule has 1 unspecified atom stereocenters. The lowest BCUT2D eigenvalue weighted by atomic mass is 9.98. The van der Waals surface area contributed by atoms with Crippen LogP contribution in [0, 0.1) is 0 Å². The van der Waals surface area contributed by atoms with E-state index < -0.39 is 5.43 Å². The van der Waals surface area contributed by atoms with Crippen molar-refractivity contribution in [3.8, 4) is 5.75 Å². The van der Waals surface area contributed by atoms with Crippen LogP contribution in [0.1, 0.15) is 18.4 Å². The zero-order valence-corrected chi connectivity index (χ0v) is 11.6. The standard InChI is InChI=1S/C15H15ClO3/c1-10(9-19-15(16)17)11-3-4-13-8-14(18-2)6-5-12(13)7-11/h3-8,10H,9H2,1-2H3. The van der Waals surface area contributed by atoms with E-state index in [1.165, 1.54) is 0 Å². The Kier molecular flexibility index (Phi) is 4.27. The maximum Gasteiger partial charge on any atom is 0.403 e. The fraction of sp³-hybridized carbons (Fsp3) is 0.267. The summed E-state index contributed by atoms with van der Waals surface area (Å²) in [7, 11) is 1.65. The summed E-state index contributed by atoms with van der Waals surface area (Å²) < 4.78 is 10.0. The monoisotopic (exact) mass is 278 g/mol. The van der Waals surface area contributed by atoms with Gasteiger partial charge in [-0.1, -0.05) is 31.2 Å². The van der Waals surface area contributed by atoms with Crippen molar-refractivity contribution >= 4 is 27.8 Å². The number of benzene rings is 2. The van der Waals surface area contributed by atoms with Crippen LogP contribution in [0.2, 0.25) is 0 Å². The van der Waals surface area contributed by atoms with Gasteiger partial charge in [0.2, 0.25) is 0 Å². The van der Waals surface area contributed by atoms with Gasteiger partial charge in [0, 0.05) is 17.5 Å². The van der Waals surface area contributed by atoms with E-state index in [0.29, 0.717) is 0 Å². The molecule has 0 saturated heterocycles. The largest absolute Gasteiger partial charge is 0.497 e. The molecule has 2 aromatic carbocycles. The van der Waals surface area contributed by atoms with Crippen LogP contribution in [0.25, 0.3) is 10.8 Å². The van der Waals surface area contributed by atoms with Gasteiger partial charge < -0.3 is 9.47 Å². The third-order valence-electron chi connectivity index (χ3n) is 3.09. The highest BCUT2D eigenvalue weighted by Gasteiger charge is 2.09. The van der Waals surface area contributed by atoms with Crippen LogP contribution in [0.4, 0.5) is 4.79 Å². The van der Waals surface area contributed by atoms with Crippen molar-refractivity contribution < 1.29 is 14.3 Å². The summed E-state index contributed by atoms with van der Waals surface area (Å²) >= 11 is 5.16. The third-order valence-corrected chi connectivity index (χ3v) is 3.20. The van der Waals surface area contributed by atoms with E-state index >= 15 is 0 Å². The first kappa shape index (κ1) is 13.7. The van der Waals surface area contributed by atoms with Crippen molar-refractivity contribution in [1.82, 2.24) is 0 Å². The number of hydrogen-bond donors (Lipinski definition) is 0. The highest BCUT2D eigenvalue weighted by molar-refractivity contribution is 6.61. The molecule has 2 rings (SSSR count). The second-order valence-electron chi connectivity index (χ2n) is 4.42. The Morgan fingerprint density at radius 3 is 2.58 bits per heavy atom. The lowest BCUT2D eigenvalue weighted by Crippen LogP contribution is -2.05. The Morgan fingerprint density at radius 2 is 1.89 bits per heavy atom. The minimum Gasteiger partial charge on any atom is -0.497 e. The Morgan fingerprint density at radius 1 is 1.21 bits per heavy atom. The molecule has 0 heterocycles. The van der Waals surface area contributed by atoms with Crippen molar-refractivity contribution in [2.75, 3.05) is 13.7 Å². The van der Waals surface area contributed by atoms with Crippen LogP contribution in [0.5, 0.6) is 5.75 Å². The Labute approximate surface area is 117 Å². The summed E-state index contributed by atoms with van der Waals surface area (Å²) in [6.07, 6.45) is 0. The van der Waals surface area contributed by atoms with E-state index in [1.807, 2.05) is 37.3 Å². The number of fused-ring (bicyclic) bond motifs is 1. The van der Waals surface area contributed by atoms with Gasteiger partial charge in [0.05, 0.1) is 13.7 Å². The predicted octanol–water partition coefficient (Wildman–Crippen LogP) is 4.33. The van der Waals surface area contributed by atoms with Gasteiger partial charge in [-0.2, -0.15) is 0 Å². The summed E-state index contributed by atoms with van der Waals surface area (Å²) in [5.41, 5.74) is 0.341. The quantitative estimate of drug-likeness (QED) is 0.781. The van der Waals surface area contributed by atoms with Gasteiger partial charge in [-0.25, -0.2) is 4.79 Å². The molecule has 0 aliphatic carbocycles. The predicted molar refractivity (Wildman–Crippen MR) is 76.1 cm³/mol. The molecular weight excluding hydrogens is 264 g/mol. The van der Waals surface area contributed by atoms with E-state index in [4.69, 9.17) is 21.1 Å². The molecule has 0 saturated carbocycles. The third kappa shape index (κ3) is 3.38. The second kappa shape index (κ2) is 5.93.